The average Bonchev–Trinajstić information content (AvgIpc) is 2.80. The number of hydrogen-bond donors (Lipinski definition) is 0. The predicted molar refractivity (Wildman–Crippen MR) is 58.2 cm³/mol. The molecule has 5 nitrogen and oxygen atoms in total. The molecule has 0 saturated heterocycles. The molecule has 1 aromatic carbocycles. The summed E-state index contributed by atoms with van der Waals surface area (Å²) in [4.78, 5) is 17.3. The maximum absolute atomic E-state index is 9.97. The van der Waals surface area contributed by atoms with Crippen molar-refractivity contribution in [3.8, 4) is 5.69 Å². The van der Waals surface area contributed by atoms with Crippen LogP contribution in [0.3, 0.4) is 0 Å². The lowest BCUT2D eigenvalue weighted by molar-refractivity contribution is 0.563. The number of nitrogens with zero attached hydrogens (tertiary/aromatic N) is 4. The molecule has 0 bridgehead atoms. The molecule has 0 radical (unpaired) electrons. The SMILES string of the molecule is O=C=NCc1ccc(-n2cncn2)c(Cl)c1. The molecule has 0 aliphatic heterocycles. The number of carbonyl (C=O) groups excluding carboxylic acids is 1. The van der Waals surface area contributed by atoms with Crippen LogP contribution in [0.25, 0.3) is 5.69 Å². The van der Waals surface area contributed by atoms with Gasteiger partial charge in [0.15, 0.2) is 0 Å². The number of halogens is 1. The number of aliphatic imine (C=N–C) groups is 1. The monoisotopic (exact) mass is 234 g/mol. The Labute approximate surface area is 96.4 Å². The lowest BCUT2D eigenvalue weighted by Crippen LogP contribution is -1.96. The third kappa shape index (κ3) is 2.16. The molecule has 1 heterocycles. The van der Waals surface area contributed by atoms with Gasteiger partial charge in [0.05, 0.1) is 17.3 Å². The highest BCUT2D eigenvalue weighted by molar-refractivity contribution is 6.32. The van der Waals surface area contributed by atoms with Crippen LogP contribution in [0.2, 0.25) is 5.02 Å². The zero-order chi connectivity index (χ0) is 11.4. The van der Waals surface area contributed by atoms with Crippen LogP contribution in [-0.2, 0) is 11.3 Å². The van der Waals surface area contributed by atoms with Crippen LogP contribution in [0, 0.1) is 0 Å². The van der Waals surface area contributed by atoms with Gasteiger partial charge in [-0.3, -0.25) is 0 Å². The molecular formula is C10H7ClN4O. The van der Waals surface area contributed by atoms with Crippen molar-refractivity contribution in [2.24, 2.45) is 4.99 Å². The van der Waals surface area contributed by atoms with Crippen molar-refractivity contribution in [3.63, 3.8) is 0 Å². The van der Waals surface area contributed by atoms with Crippen molar-refractivity contribution in [1.29, 1.82) is 0 Å². The quantitative estimate of drug-likeness (QED) is 0.601. The van der Waals surface area contributed by atoms with Gasteiger partial charge in [0.1, 0.15) is 12.7 Å². The van der Waals surface area contributed by atoms with E-state index in [4.69, 9.17) is 11.6 Å². The first-order valence-electron chi connectivity index (χ1n) is 4.48. The van der Waals surface area contributed by atoms with Gasteiger partial charge in [-0.25, -0.2) is 19.5 Å². The summed E-state index contributed by atoms with van der Waals surface area (Å²) in [6, 6.07) is 5.36. The van der Waals surface area contributed by atoms with E-state index in [-0.39, 0.29) is 6.54 Å². The Bertz CT molecular complexity index is 532. The van der Waals surface area contributed by atoms with Crippen LogP contribution in [0.15, 0.2) is 35.8 Å². The molecule has 16 heavy (non-hydrogen) atoms. The van der Waals surface area contributed by atoms with E-state index in [1.165, 1.54) is 12.4 Å². The summed E-state index contributed by atoms with van der Waals surface area (Å²) in [6.45, 7) is 0.279. The van der Waals surface area contributed by atoms with Gasteiger partial charge >= 0.3 is 0 Å². The maximum Gasteiger partial charge on any atom is 0.235 e. The Balaban J connectivity index is 2.33. The zero-order valence-electron chi connectivity index (χ0n) is 8.17. The van der Waals surface area contributed by atoms with Gasteiger partial charge < -0.3 is 0 Å². The molecule has 1 aromatic heterocycles. The van der Waals surface area contributed by atoms with E-state index in [0.717, 1.165) is 11.3 Å². The van der Waals surface area contributed by atoms with Gasteiger partial charge in [0.2, 0.25) is 6.08 Å². The van der Waals surface area contributed by atoms with Crippen LogP contribution in [0.1, 0.15) is 5.56 Å². The van der Waals surface area contributed by atoms with Crippen molar-refractivity contribution in [2.45, 2.75) is 6.54 Å². The Kier molecular flexibility index (Phi) is 3.10. The lowest BCUT2D eigenvalue weighted by atomic mass is 10.2. The lowest BCUT2D eigenvalue weighted by Gasteiger charge is -2.04. The van der Waals surface area contributed by atoms with Crippen molar-refractivity contribution in [2.75, 3.05) is 0 Å². The normalized spacial score (nSPS) is 9.81. The van der Waals surface area contributed by atoms with Gasteiger partial charge in [0, 0.05) is 0 Å². The molecule has 2 rings (SSSR count). The second-order valence-electron chi connectivity index (χ2n) is 3.03. The maximum atomic E-state index is 9.97. The number of aromatic nitrogens is 3. The number of hydrogen-bond acceptors (Lipinski definition) is 4. The molecule has 0 aliphatic rings. The third-order valence-electron chi connectivity index (χ3n) is 2.00. The fraction of sp³-hybridized carbons (Fsp3) is 0.100. The van der Waals surface area contributed by atoms with E-state index in [9.17, 15) is 4.79 Å². The fourth-order valence-corrected chi connectivity index (χ4v) is 1.58. The van der Waals surface area contributed by atoms with Gasteiger partial charge in [-0.2, -0.15) is 5.10 Å². The van der Waals surface area contributed by atoms with Crippen molar-refractivity contribution in [1.82, 2.24) is 14.8 Å². The Morgan fingerprint density at radius 1 is 1.50 bits per heavy atom. The summed E-state index contributed by atoms with van der Waals surface area (Å²) in [5, 5.41) is 4.51. The van der Waals surface area contributed by atoms with E-state index in [1.54, 1.807) is 23.1 Å². The van der Waals surface area contributed by atoms with Gasteiger partial charge in [-0.1, -0.05) is 17.7 Å². The molecular weight excluding hydrogens is 228 g/mol. The first-order valence-corrected chi connectivity index (χ1v) is 4.86. The summed E-state index contributed by atoms with van der Waals surface area (Å²) >= 11 is 6.07. The van der Waals surface area contributed by atoms with E-state index in [0.29, 0.717) is 5.02 Å². The van der Waals surface area contributed by atoms with Gasteiger partial charge in [0.25, 0.3) is 0 Å². The number of benzene rings is 1. The zero-order valence-corrected chi connectivity index (χ0v) is 8.92. The standard InChI is InChI=1S/C10H7ClN4O/c11-9-3-8(4-12-7-16)1-2-10(9)15-6-13-5-14-15/h1-3,5-6H,4H2. The Hall–Kier alpha value is -1.97. The Morgan fingerprint density at radius 2 is 2.38 bits per heavy atom. The number of rotatable bonds is 3. The minimum absolute atomic E-state index is 0.279. The molecule has 0 amide bonds. The summed E-state index contributed by atoms with van der Waals surface area (Å²) in [6.07, 6.45) is 4.47. The topological polar surface area (TPSA) is 60.1 Å². The van der Waals surface area contributed by atoms with Crippen molar-refractivity contribution in [3.05, 3.63) is 41.4 Å². The minimum Gasteiger partial charge on any atom is -0.223 e. The molecule has 0 atom stereocenters. The van der Waals surface area contributed by atoms with E-state index in [1.807, 2.05) is 6.07 Å². The summed E-state index contributed by atoms with van der Waals surface area (Å²) < 4.78 is 1.56. The summed E-state index contributed by atoms with van der Waals surface area (Å²) in [5.74, 6) is 0. The third-order valence-corrected chi connectivity index (χ3v) is 2.31. The molecule has 0 unspecified atom stereocenters. The van der Waals surface area contributed by atoms with Crippen LogP contribution in [0.5, 0.6) is 0 Å². The number of isocyanates is 1. The summed E-state index contributed by atoms with van der Waals surface area (Å²) in [5.41, 5.74) is 1.58. The molecule has 0 spiro atoms. The molecule has 0 N–H and O–H groups in total. The minimum atomic E-state index is 0.279. The summed E-state index contributed by atoms with van der Waals surface area (Å²) in [7, 11) is 0. The average molecular weight is 235 g/mol. The van der Waals surface area contributed by atoms with Crippen LogP contribution in [0.4, 0.5) is 0 Å². The highest BCUT2D eigenvalue weighted by atomic mass is 35.5. The Morgan fingerprint density at radius 3 is 3.00 bits per heavy atom. The second kappa shape index (κ2) is 4.70. The van der Waals surface area contributed by atoms with Crippen LogP contribution in [-0.4, -0.2) is 20.8 Å². The second-order valence-corrected chi connectivity index (χ2v) is 3.44. The highest BCUT2D eigenvalue weighted by Crippen LogP contribution is 2.21. The fourth-order valence-electron chi connectivity index (χ4n) is 1.29. The molecule has 2 aromatic rings. The molecule has 0 saturated carbocycles. The molecule has 6 heteroatoms. The molecule has 0 aliphatic carbocycles. The van der Waals surface area contributed by atoms with E-state index < -0.39 is 0 Å². The smallest absolute Gasteiger partial charge is 0.223 e. The largest absolute Gasteiger partial charge is 0.235 e. The van der Waals surface area contributed by atoms with Crippen LogP contribution < -0.4 is 0 Å². The van der Waals surface area contributed by atoms with E-state index in [2.05, 4.69) is 15.1 Å². The van der Waals surface area contributed by atoms with Crippen molar-refractivity contribution >= 4 is 17.7 Å². The van der Waals surface area contributed by atoms with Gasteiger partial charge in [-0.15, -0.1) is 0 Å². The van der Waals surface area contributed by atoms with Crippen LogP contribution >= 0.6 is 11.6 Å². The first kappa shape index (κ1) is 10.5. The van der Waals surface area contributed by atoms with Crippen molar-refractivity contribution < 1.29 is 4.79 Å². The highest BCUT2D eigenvalue weighted by Gasteiger charge is 2.04. The first-order chi connectivity index (χ1) is 7.81. The molecule has 0 fully saturated rings. The van der Waals surface area contributed by atoms with Gasteiger partial charge in [-0.05, 0) is 17.7 Å². The predicted octanol–water partition coefficient (Wildman–Crippen LogP) is 1.76. The van der Waals surface area contributed by atoms with E-state index >= 15 is 0 Å². The molecule has 80 valence electrons.